The Hall–Kier alpha value is -2.20. The number of aliphatic hydroxyl groups is 1. The van der Waals surface area contributed by atoms with Crippen LogP contribution in [0, 0.1) is 12.7 Å². The summed E-state index contributed by atoms with van der Waals surface area (Å²) in [6.07, 6.45) is 1.62. The van der Waals surface area contributed by atoms with Crippen molar-refractivity contribution in [1.82, 2.24) is 5.32 Å². The van der Waals surface area contributed by atoms with Crippen LogP contribution in [0.15, 0.2) is 48.5 Å². The number of carbonyl (C=O) groups is 1. The van der Waals surface area contributed by atoms with Gasteiger partial charge in [-0.15, -0.1) is 0 Å². The third-order valence-corrected chi connectivity index (χ3v) is 5.02. The van der Waals surface area contributed by atoms with Crippen LogP contribution in [0.1, 0.15) is 42.1 Å². The van der Waals surface area contributed by atoms with E-state index < -0.39 is 11.5 Å². The van der Waals surface area contributed by atoms with Gasteiger partial charge in [-0.25, -0.2) is 4.39 Å². The monoisotopic (exact) mass is 327 g/mol. The highest BCUT2D eigenvalue weighted by Gasteiger charge is 2.45. The molecule has 3 rings (SSSR count). The zero-order valence-electron chi connectivity index (χ0n) is 13.8. The van der Waals surface area contributed by atoms with Gasteiger partial charge in [0.05, 0.1) is 11.5 Å². The third kappa shape index (κ3) is 3.06. The summed E-state index contributed by atoms with van der Waals surface area (Å²) in [6.45, 7) is 2.08. The number of hydrogen-bond donors (Lipinski definition) is 2. The fourth-order valence-electron chi connectivity index (χ4n) is 3.39. The Labute approximate surface area is 141 Å². The number of carbonyl (C=O) groups excluding carboxylic acids is 1. The van der Waals surface area contributed by atoms with E-state index in [4.69, 9.17) is 0 Å². The lowest BCUT2D eigenvalue weighted by Crippen LogP contribution is -2.50. The van der Waals surface area contributed by atoms with E-state index in [0.29, 0.717) is 12.8 Å². The maximum atomic E-state index is 13.5. The smallest absolute Gasteiger partial charge is 0.230 e. The number of nitrogens with one attached hydrogen (secondary N) is 1. The second-order valence-electron chi connectivity index (χ2n) is 6.53. The lowest BCUT2D eigenvalue weighted by Gasteiger charge is -2.41. The Morgan fingerprint density at radius 2 is 2.00 bits per heavy atom. The average molecular weight is 327 g/mol. The number of amides is 1. The first-order valence-corrected chi connectivity index (χ1v) is 8.31. The highest BCUT2D eigenvalue weighted by atomic mass is 19.1. The van der Waals surface area contributed by atoms with E-state index in [0.717, 1.165) is 23.1 Å². The van der Waals surface area contributed by atoms with Gasteiger partial charge >= 0.3 is 0 Å². The molecule has 126 valence electrons. The van der Waals surface area contributed by atoms with Crippen LogP contribution >= 0.6 is 0 Å². The van der Waals surface area contributed by atoms with Crippen molar-refractivity contribution < 1.29 is 14.3 Å². The minimum absolute atomic E-state index is 0.132. The van der Waals surface area contributed by atoms with Gasteiger partial charge < -0.3 is 10.4 Å². The molecule has 0 bridgehead atoms. The summed E-state index contributed by atoms with van der Waals surface area (Å²) in [7, 11) is 0. The van der Waals surface area contributed by atoms with Crippen molar-refractivity contribution in [3.8, 4) is 0 Å². The largest absolute Gasteiger partial charge is 0.387 e. The van der Waals surface area contributed by atoms with Crippen LogP contribution in [0.3, 0.4) is 0 Å². The van der Waals surface area contributed by atoms with Gasteiger partial charge in [0.25, 0.3) is 0 Å². The SMILES string of the molecule is Cc1ccccc1C(O)CNC(=O)C1(c2cccc(F)c2)CCC1. The van der Waals surface area contributed by atoms with Gasteiger partial charge in [0.1, 0.15) is 5.82 Å². The van der Waals surface area contributed by atoms with Crippen LogP contribution < -0.4 is 5.32 Å². The first-order valence-electron chi connectivity index (χ1n) is 8.31. The van der Waals surface area contributed by atoms with Gasteiger partial charge in [-0.3, -0.25) is 4.79 Å². The van der Waals surface area contributed by atoms with E-state index in [9.17, 15) is 14.3 Å². The van der Waals surface area contributed by atoms with Crippen molar-refractivity contribution in [2.75, 3.05) is 6.54 Å². The topological polar surface area (TPSA) is 49.3 Å². The molecule has 1 amide bonds. The Morgan fingerprint density at radius 1 is 1.25 bits per heavy atom. The first-order chi connectivity index (χ1) is 11.5. The van der Waals surface area contributed by atoms with Crippen LogP contribution in [-0.2, 0) is 10.2 Å². The normalized spacial score (nSPS) is 17.0. The molecule has 0 aromatic heterocycles. The summed E-state index contributed by atoms with van der Waals surface area (Å²) in [5.74, 6) is -0.460. The molecular weight excluding hydrogens is 305 g/mol. The number of hydrogen-bond acceptors (Lipinski definition) is 2. The molecule has 1 aliphatic carbocycles. The van der Waals surface area contributed by atoms with E-state index in [-0.39, 0.29) is 18.3 Å². The molecule has 1 atom stereocenters. The van der Waals surface area contributed by atoms with E-state index >= 15 is 0 Å². The Balaban J connectivity index is 1.71. The predicted octanol–water partition coefficient (Wildman–Crippen LogP) is 3.41. The Morgan fingerprint density at radius 3 is 2.62 bits per heavy atom. The van der Waals surface area contributed by atoms with Gasteiger partial charge in [0, 0.05) is 6.54 Å². The van der Waals surface area contributed by atoms with E-state index in [1.54, 1.807) is 12.1 Å². The molecular formula is C20H22FNO2. The third-order valence-electron chi connectivity index (χ3n) is 5.02. The number of halogens is 1. The molecule has 1 saturated carbocycles. The molecule has 2 aromatic rings. The van der Waals surface area contributed by atoms with Crippen LogP contribution in [0.4, 0.5) is 4.39 Å². The summed E-state index contributed by atoms with van der Waals surface area (Å²) < 4.78 is 13.5. The molecule has 1 aliphatic rings. The van der Waals surface area contributed by atoms with Crippen molar-refractivity contribution in [2.24, 2.45) is 0 Å². The van der Waals surface area contributed by atoms with Crippen molar-refractivity contribution in [3.63, 3.8) is 0 Å². The van der Waals surface area contributed by atoms with Crippen molar-refractivity contribution in [1.29, 1.82) is 0 Å². The standard InChI is InChI=1S/C20H22FNO2/c1-14-6-2-3-9-17(14)18(23)13-22-19(24)20(10-5-11-20)15-7-4-8-16(21)12-15/h2-4,6-9,12,18,23H,5,10-11,13H2,1H3,(H,22,24). The first kappa shape index (κ1) is 16.7. The van der Waals surface area contributed by atoms with E-state index in [1.165, 1.54) is 12.1 Å². The van der Waals surface area contributed by atoms with Gasteiger partial charge in [-0.2, -0.15) is 0 Å². The van der Waals surface area contributed by atoms with Gasteiger partial charge in [0.2, 0.25) is 5.91 Å². The predicted molar refractivity (Wildman–Crippen MR) is 91.1 cm³/mol. The molecule has 0 spiro atoms. The minimum atomic E-state index is -0.750. The number of aryl methyl sites for hydroxylation is 1. The quantitative estimate of drug-likeness (QED) is 0.884. The molecule has 1 unspecified atom stereocenters. The fourth-order valence-corrected chi connectivity index (χ4v) is 3.39. The summed E-state index contributed by atoms with van der Waals surface area (Å²) in [5, 5.41) is 13.2. The summed E-state index contributed by atoms with van der Waals surface area (Å²) in [5.41, 5.74) is 1.86. The summed E-state index contributed by atoms with van der Waals surface area (Å²) >= 11 is 0. The molecule has 1 fully saturated rings. The van der Waals surface area contributed by atoms with Gasteiger partial charge in [0.15, 0.2) is 0 Å². The Kier molecular flexibility index (Phi) is 4.67. The van der Waals surface area contributed by atoms with Gasteiger partial charge in [-0.05, 0) is 48.6 Å². The molecule has 24 heavy (non-hydrogen) atoms. The van der Waals surface area contributed by atoms with Crippen LogP contribution in [0.2, 0.25) is 0 Å². The zero-order chi connectivity index (χ0) is 17.2. The zero-order valence-corrected chi connectivity index (χ0v) is 13.8. The minimum Gasteiger partial charge on any atom is -0.387 e. The number of aliphatic hydroxyl groups excluding tert-OH is 1. The summed E-state index contributed by atoms with van der Waals surface area (Å²) in [6, 6.07) is 13.8. The molecule has 0 saturated heterocycles. The molecule has 2 N–H and O–H groups in total. The second kappa shape index (κ2) is 6.73. The lowest BCUT2D eigenvalue weighted by molar-refractivity contribution is -0.130. The van der Waals surface area contributed by atoms with E-state index in [1.807, 2.05) is 31.2 Å². The molecule has 0 heterocycles. The van der Waals surface area contributed by atoms with Crippen LogP contribution in [0.5, 0.6) is 0 Å². The number of benzene rings is 2. The molecule has 3 nitrogen and oxygen atoms in total. The maximum Gasteiger partial charge on any atom is 0.230 e. The maximum absolute atomic E-state index is 13.5. The van der Waals surface area contributed by atoms with Crippen molar-refractivity contribution in [3.05, 3.63) is 71.0 Å². The fraction of sp³-hybridized carbons (Fsp3) is 0.350. The number of rotatable bonds is 5. The molecule has 2 aromatic carbocycles. The second-order valence-corrected chi connectivity index (χ2v) is 6.53. The van der Waals surface area contributed by atoms with Crippen molar-refractivity contribution in [2.45, 2.75) is 37.7 Å². The van der Waals surface area contributed by atoms with Gasteiger partial charge in [-0.1, -0.05) is 42.8 Å². The highest BCUT2D eigenvalue weighted by Crippen LogP contribution is 2.44. The summed E-state index contributed by atoms with van der Waals surface area (Å²) in [4.78, 5) is 12.7. The lowest BCUT2D eigenvalue weighted by atomic mass is 9.63. The van der Waals surface area contributed by atoms with Crippen molar-refractivity contribution >= 4 is 5.91 Å². The van der Waals surface area contributed by atoms with E-state index in [2.05, 4.69) is 5.32 Å². The highest BCUT2D eigenvalue weighted by molar-refractivity contribution is 5.89. The molecule has 4 heteroatoms. The Bertz CT molecular complexity index is 740. The molecule has 0 aliphatic heterocycles. The average Bonchev–Trinajstić information content (AvgIpc) is 2.52. The molecule has 0 radical (unpaired) electrons. The van der Waals surface area contributed by atoms with Crippen LogP contribution in [-0.4, -0.2) is 17.6 Å². The van der Waals surface area contributed by atoms with Crippen LogP contribution in [0.25, 0.3) is 0 Å².